The van der Waals surface area contributed by atoms with Gasteiger partial charge in [-0.15, -0.1) is 5.10 Å². The van der Waals surface area contributed by atoms with E-state index in [1.54, 1.807) is 61.4 Å². The highest BCUT2D eigenvalue weighted by Crippen LogP contribution is 2.50. The first-order valence-electron chi connectivity index (χ1n) is 12.6. The zero-order valence-electron chi connectivity index (χ0n) is 22.5. The molecule has 2 aliphatic heterocycles. The minimum Gasteiger partial charge on any atom is -0.497 e. The standard InChI is InChI=1S/C28H28N6O6/c1-33-12-11-17-13-22-25(40-15-39-22)26(38-4)23(17)24(33)27-30-31-32-34(27)18-7-5-16(6-8-18)28(35)29-20-10-9-19(36-2)14-21(20)37-3/h5-10,13-14,24H,11-12,15H2,1-4H3,(H,29,35). The molecule has 1 N–H and O–H groups in total. The predicted octanol–water partition coefficient (Wildman–Crippen LogP) is 3.25. The van der Waals surface area contributed by atoms with Gasteiger partial charge in [-0.1, -0.05) is 0 Å². The maximum Gasteiger partial charge on any atom is 0.255 e. The Hall–Kier alpha value is -4.84. The number of nitrogens with zero attached hydrogens (tertiary/aromatic N) is 5. The molecule has 0 spiro atoms. The number of nitrogens with one attached hydrogen (secondary N) is 1. The number of hydrogen-bond acceptors (Lipinski definition) is 10. The molecule has 3 aromatic carbocycles. The molecular formula is C28H28N6O6. The zero-order valence-corrected chi connectivity index (χ0v) is 22.5. The topological polar surface area (TPSA) is 122 Å². The van der Waals surface area contributed by atoms with Crippen LogP contribution in [0.5, 0.6) is 28.7 Å². The molecule has 3 heterocycles. The number of fused-ring (bicyclic) bond motifs is 2. The van der Waals surface area contributed by atoms with Gasteiger partial charge < -0.3 is 29.0 Å². The van der Waals surface area contributed by atoms with Crippen molar-refractivity contribution < 1.29 is 28.5 Å². The lowest BCUT2D eigenvalue weighted by atomic mass is 9.90. The normalized spacial score (nSPS) is 15.8. The molecule has 0 aliphatic carbocycles. The van der Waals surface area contributed by atoms with E-state index >= 15 is 0 Å². The van der Waals surface area contributed by atoms with Crippen molar-refractivity contribution in [3.8, 4) is 34.4 Å². The van der Waals surface area contributed by atoms with Crippen molar-refractivity contribution in [3.05, 3.63) is 71.0 Å². The quantitative estimate of drug-likeness (QED) is 0.371. The van der Waals surface area contributed by atoms with Gasteiger partial charge in [-0.2, -0.15) is 4.68 Å². The maximum absolute atomic E-state index is 13.0. The number of aromatic nitrogens is 4. The van der Waals surface area contributed by atoms with E-state index in [0.29, 0.717) is 51.5 Å². The summed E-state index contributed by atoms with van der Waals surface area (Å²) in [6, 6.07) is 14.0. The number of benzene rings is 3. The highest BCUT2D eigenvalue weighted by Gasteiger charge is 2.37. The van der Waals surface area contributed by atoms with E-state index in [0.717, 1.165) is 24.1 Å². The molecule has 1 atom stereocenters. The van der Waals surface area contributed by atoms with Crippen LogP contribution in [0.15, 0.2) is 48.5 Å². The van der Waals surface area contributed by atoms with E-state index in [-0.39, 0.29) is 18.7 Å². The Balaban J connectivity index is 1.30. The Morgan fingerprint density at radius 3 is 2.60 bits per heavy atom. The monoisotopic (exact) mass is 544 g/mol. The van der Waals surface area contributed by atoms with E-state index in [1.165, 1.54) is 7.11 Å². The van der Waals surface area contributed by atoms with Crippen LogP contribution >= 0.6 is 0 Å². The zero-order chi connectivity index (χ0) is 27.8. The van der Waals surface area contributed by atoms with Crippen LogP contribution in [0.1, 0.15) is 33.4 Å². The predicted molar refractivity (Wildman–Crippen MR) is 144 cm³/mol. The third kappa shape index (κ3) is 4.31. The van der Waals surface area contributed by atoms with E-state index in [9.17, 15) is 4.79 Å². The Bertz CT molecular complexity index is 1570. The average Bonchev–Trinajstić information content (AvgIpc) is 3.66. The highest BCUT2D eigenvalue weighted by atomic mass is 16.7. The van der Waals surface area contributed by atoms with Crippen molar-refractivity contribution in [3.63, 3.8) is 0 Å². The molecule has 1 amide bonds. The number of carbonyl (C=O) groups excluding carboxylic acids is 1. The van der Waals surface area contributed by atoms with Crippen LogP contribution in [0.25, 0.3) is 5.69 Å². The van der Waals surface area contributed by atoms with Gasteiger partial charge in [0.15, 0.2) is 17.3 Å². The van der Waals surface area contributed by atoms with Crippen molar-refractivity contribution in [1.82, 2.24) is 25.1 Å². The van der Waals surface area contributed by atoms with Crippen molar-refractivity contribution in [2.75, 3.05) is 47.0 Å². The number of methoxy groups -OCH3 is 3. The number of ether oxygens (including phenoxy) is 5. The van der Waals surface area contributed by atoms with Crippen LogP contribution in [0.4, 0.5) is 5.69 Å². The molecule has 12 nitrogen and oxygen atoms in total. The second-order valence-corrected chi connectivity index (χ2v) is 9.37. The second-order valence-electron chi connectivity index (χ2n) is 9.37. The summed E-state index contributed by atoms with van der Waals surface area (Å²) in [5.74, 6) is 3.35. The Morgan fingerprint density at radius 2 is 1.85 bits per heavy atom. The molecule has 4 aromatic rings. The lowest BCUT2D eigenvalue weighted by Crippen LogP contribution is -2.35. The van der Waals surface area contributed by atoms with Gasteiger partial charge in [-0.3, -0.25) is 9.69 Å². The van der Waals surface area contributed by atoms with E-state index < -0.39 is 0 Å². The van der Waals surface area contributed by atoms with E-state index in [2.05, 4.69) is 25.7 Å². The van der Waals surface area contributed by atoms with Gasteiger partial charge in [0.05, 0.1) is 32.7 Å². The SMILES string of the molecule is COc1ccc(NC(=O)c2ccc(-n3nnnc3C3c4c(cc5c(c4OC)OCO5)CCN3C)cc2)c(OC)c1. The Morgan fingerprint density at radius 1 is 1.02 bits per heavy atom. The van der Waals surface area contributed by atoms with Crippen LogP contribution in [0.2, 0.25) is 0 Å². The first-order chi connectivity index (χ1) is 19.5. The first-order valence-corrected chi connectivity index (χ1v) is 12.6. The molecule has 0 fully saturated rings. The molecule has 0 bridgehead atoms. The fourth-order valence-electron chi connectivity index (χ4n) is 5.16. The molecule has 12 heteroatoms. The summed E-state index contributed by atoms with van der Waals surface area (Å²) in [4.78, 5) is 15.2. The molecule has 40 heavy (non-hydrogen) atoms. The van der Waals surface area contributed by atoms with Crippen LogP contribution in [-0.4, -0.2) is 72.7 Å². The lowest BCUT2D eigenvalue weighted by molar-refractivity contribution is 0.102. The molecular weight excluding hydrogens is 516 g/mol. The molecule has 1 unspecified atom stereocenters. The number of tetrazole rings is 1. The van der Waals surface area contributed by atoms with Gasteiger partial charge >= 0.3 is 0 Å². The summed E-state index contributed by atoms with van der Waals surface area (Å²) in [6.07, 6.45) is 0.819. The van der Waals surface area contributed by atoms with Crippen molar-refractivity contribution in [1.29, 1.82) is 0 Å². The number of rotatable bonds is 7. The second kappa shape index (κ2) is 10.4. The Labute approximate surface area is 230 Å². The summed E-state index contributed by atoms with van der Waals surface area (Å²) in [7, 11) is 6.76. The largest absolute Gasteiger partial charge is 0.497 e. The summed E-state index contributed by atoms with van der Waals surface area (Å²) in [6.45, 7) is 0.944. The summed E-state index contributed by atoms with van der Waals surface area (Å²) in [5.41, 5.74) is 3.75. The van der Waals surface area contributed by atoms with Crippen molar-refractivity contribution in [2.24, 2.45) is 0 Å². The molecule has 6 rings (SSSR count). The number of anilines is 1. The van der Waals surface area contributed by atoms with Crippen molar-refractivity contribution in [2.45, 2.75) is 12.5 Å². The minimum absolute atomic E-state index is 0.151. The van der Waals surface area contributed by atoms with Gasteiger partial charge in [-0.05, 0) is 71.9 Å². The van der Waals surface area contributed by atoms with Gasteiger partial charge in [0.1, 0.15) is 17.5 Å². The number of likely N-dealkylation sites (N-methyl/N-ethyl adjacent to an activating group) is 1. The molecule has 0 radical (unpaired) electrons. The number of hydrogen-bond donors (Lipinski definition) is 1. The van der Waals surface area contributed by atoms with Gasteiger partial charge in [0.2, 0.25) is 12.5 Å². The maximum atomic E-state index is 13.0. The third-order valence-electron chi connectivity index (χ3n) is 7.16. The fraction of sp³-hybridized carbons (Fsp3) is 0.286. The van der Waals surface area contributed by atoms with Crippen LogP contribution in [0.3, 0.4) is 0 Å². The van der Waals surface area contributed by atoms with E-state index in [1.807, 2.05) is 13.1 Å². The summed E-state index contributed by atoms with van der Waals surface area (Å²) >= 11 is 0. The minimum atomic E-state index is -0.297. The average molecular weight is 545 g/mol. The number of amides is 1. The first kappa shape index (κ1) is 25.4. The highest BCUT2D eigenvalue weighted by molar-refractivity contribution is 6.05. The van der Waals surface area contributed by atoms with Crippen LogP contribution in [0, 0.1) is 0 Å². The number of carbonyl (C=O) groups is 1. The van der Waals surface area contributed by atoms with Gasteiger partial charge in [-0.25, -0.2) is 0 Å². The van der Waals surface area contributed by atoms with Gasteiger partial charge in [0.25, 0.3) is 5.91 Å². The van der Waals surface area contributed by atoms with Crippen LogP contribution < -0.4 is 29.0 Å². The van der Waals surface area contributed by atoms with Crippen molar-refractivity contribution >= 4 is 11.6 Å². The summed E-state index contributed by atoms with van der Waals surface area (Å²) in [5, 5.41) is 15.6. The molecule has 0 saturated heterocycles. The van der Waals surface area contributed by atoms with Crippen LogP contribution in [-0.2, 0) is 6.42 Å². The molecule has 2 aliphatic rings. The smallest absolute Gasteiger partial charge is 0.255 e. The Kier molecular flexibility index (Phi) is 6.60. The van der Waals surface area contributed by atoms with Gasteiger partial charge in [0, 0.05) is 23.7 Å². The third-order valence-corrected chi connectivity index (χ3v) is 7.16. The lowest BCUT2D eigenvalue weighted by Gasteiger charge is -2.34. The van der Waals surface area contributed by atoms with E-state index in [4.69, 9.17) is 23.7 Å². The molecule has 1 aromatic heterocycles. The molecule has 0 saturated carbocycles. The fourth-order valence-corrected chi connectivity index (χ4v) is 5.16. The molecule has 206 valence electrons. The summed E-state index contributed by atoms with van der Waals surface area (Å²) < 4.78 is 29.5.